The Bertz CT molecular complexity index is 279. The molecule has 1 aromatic heterocycles. The fraction of sp³-hybridized carbons (Fsp3) is 0.800. The fourth-order valence-electron chi connectivity index (χ4n) is 1.92. The van der Waals surface area contributed by atoms with E-state index in [0.29, 0.717) is 18.4 Å². The minimum atomic E-state index is 0.550. The van der Waals surface area contributed by atoms with Crippen molar-refractivity contribution in [3.8, 4) is 0 Å². The van der Waals surface area contributed by atoms with E-state index in [-0.39, 0.29) is 0 Å². The van der Waals surface area contributed by atoms with E-state index in [2.05, 4.69) is 22.4 Å². The first-order valence-electron chi connectivity index (χ1n) is 5.43. The molecule has 4 nitrogen and oxygen atoms in total. The number of hydrogen-bond acceptors (Lipinski definition) is 4. The summed E-state index contributed by atoms with van der Waals surface area (Å²) in [6, 6.07) is 0. The monoisotopic (exact) mass is 195 g/mol. The molecule has 1 fully saturated rings. The average Bonchev–Trinajstić information content (AvgIpc) is 2.85. The molecule has 0 aliphatic heterocycles. The van der Waals surface area contributed by atoms with Crippen LogP contribution in [0.25, 0.3) is 0 Å². The molecule has 0 spiro atoms. The maximum absolute atomic E-state index is 5.16. The van der Waals surface area contributed by atoms with Crippen molar-refractivity contribution in [1.82, 2.24) is 15.5 Å². The third kappa shape index (κ3) is 2.12. The third-order valence-electron chi connectivity index (χ3n) is 2.73. The molecular weight excluding hydrogens is 178 g/mol. The lowest BCUT2D eigenvalue weighted by Crippen LogP contribution is -2.12. The molecule has 0 bridgehead atoms. The van der Waals surface area contributed by atoms with E-state index in [4.69, 9.17) is 4.52 Å². The summed E-state index contributed by atoms with van der Waals surface area (Å²) in [5, 5.41) is 7.20. The van der Waals surface area contributed by atoms with Gasteiger partial charge in [-0.2, -0.15) is 4.98 Å². The highest BCUT2D eigenvalue weighted by atomic mass is 16.5. The van der Waals surface area contributed by atoms with Gasteiger partial charge < -0.3 is 9.84 Å². The molecule has 4 heteroatoms. The lowest BCUT2D eigenvalue weighted by Gasteiger charge is -1.99. The van der Waals surface area contributed by atoms with Gasteiger partial charge in [0.25, 0.3) is 0 Å². The van der Waals surface area contributed by atoms with Crippen LogP contribution in [0.5, 0.6) is 0 Å². The zero-order valence-corrected chi connectivity index (χ0v) is 8.62. The van der Waals surface area contributed by atoms with Gasteiger partial charge in [-0.05, 0) is 19.4 Å². The second-order valence-corrected chi connectivity index (χ2v) is 3.81. The number of aromatic nitrogens is 2. The Labute approximate surface area is 84.1 Å². The first kappa shape index (κ1) is 9.65. The van der Waals surface area contributed by atoms with E-state index >= 15 is 0 Å². The van der Waals surface area contributed by atoms with Gasteiger partial charge in [0.05, 0.1) is 6.54 Å². The van der Waals surface area contributed by atoms with Crippen molar-refractivity contribution in [2.75, 3.05) is 6.54 Å². The molecular formula is C10H17N3O. The maximum Gasteiger partial charge on any atom is 0.240 e. The summed E-state index contributed by atoms with van der Waals surface area (Å²) in [6.07, 6.45) is 5.06. The van der Waals surface area contributed by atoms with E-state index < -0.39 is 0 Å². The van der Waals surface area contributed by atoms with Gasteiger partial charge in [0.2, 0.25) is 5.89 Å². The summed E-state index contributed by atoms with van der Waals surface area (Å²) in [4.78, 5) is 4.39. The molecule has 14 heavy (non-hydrogen) atoms. The Morgan fingerprint density at radius 2 is 2.21 bits per heavy atom. The highest BCUT2D eigenvalue weighted by Crippen LogP contribution is 2.32. The van der Waals surface area contributed by atoms with Crippen LogP contribution in [0, 0.1) is 0 Å². The van der Waals surface area contributed by atoms with Crippen molar-refractivity contribution in [2.45, 2.75) is 45.1 Å². The van der Waals surface area contributed by atoms with Gasteiger partial charge in [-0.3, -0.25) is 0 Å². The average molecular weight is 195 g/mol. The highest BCUT2D eigenvalue weighted by Gasteiger charge is 2.21. The van der Waals surface area contributed by atoms with Crippen LogP contribution in [-0.4, -0.2) is 16.7 Å². The molecule has 78 valence electrons. The van der Waals surface area contributed by atoms with Gasteiger partial charge in [-0.1, -0.05) is 24.9 Å². The number of hydrogen-bond donors (Lipinski definition) is 1. The molecule has 1 aliphatic carbocycles. The molecule has 1 N–H and O–H groups in total. The normalized spacial score (nSPS) is 17.8. The van der Waals surface area contributed by atoms with E-state index in [1.165, 1.54) is 25.7 Å². The molecule has 0 aromatic carbocycles. The first-order chi connectivity index (χ1) is 6.90. The van der Waals surface area contributed by atoms with Gasteiger partial charge in [0, 0.05) is 5.92 Å². The predicted octanol–water partition coefficient (Wildman–Crippen LogP) is 1.84. The molecule has 0 amide bonds. The molecule has 0 radical (unpaired) electrons. The standard InChI is InChI=1S/C10H17N3O/c1-2-11-7-9-12-10(13-14-9)8-5-3-4-6-8/h8,11H,2-7H2,1H3. The van der Waals surface area contributed by atoms with Crippen LogP contribution in [0.4, 0.5) is 0 Å². The van der Waals surface area contributed by atoms with Crippen molar-refractivity contribution in [2.24, 2.45) is 0 Å². The van der Waals surface area contributed by atoms with Crippen molar-refractivity contribution < 1.29 is 4.52 Å². The van der Waals surface area contributed by atoms with Crippen molar-refractivity contribution in [3.05, 3.63) is 11.7 Å². The van der Waals surface area contributed by atoms with Crippen LogP contribution in [0.2, 0.25) is 0 Å². The first-order valence-corrected chi connectivity index (χ1v) is 5.43. The summed E-state index contributed by atoms with van der Waals surface area (Å²) in [5.74, 6) is 2.18. The Morgan fingerprint density at radius 3 is 2.93 bits per heavy atom. The van der Waals surface area contributed by atoms with Crippen LogP contribution >= 0.6 is 0 Å². The molecule has 0 unspecified atom stereocenters. The van der Waals surface area contributed by atoms with Gasteiger partial charge in [0.1, 0.15) is 0 Å². The fourth-order valence-corrected chi connectivity index (χ4v) is 1.92. The minimum Gasteiger partial charge on any atom is -0.338 e. The van der Waals surface area contributed by atoms with Crippen LogP contribution < -0.4 is 5.32 Å². The summed E-state index contributed by atoms with van der Waals surface area (Å²) in [7, 11) is 0. The van der Waals surface area contributed by atoms with E-state index in [9.17, 15) is 0 Å². The van der Waals surface area contributed by atoms with E-state index in [1.807, 2.05) is 0 Å². The topological polar surface area (TPSA) is 51.0 Å². The van der Waals surface area contributed by atoms with Crippen molar-refractivity contribution in [1.29, 1.82) is 0 Å². The van der Waals surface area contributed by atoms with Crippen LogP contribution in [0.3, 0.4) is 0 Å². The Morgan fingerprint density at radius 1 is 1.43 bits per heavy atom. The summed E-state index contributed by atoms with van der Waals surface area (Å²) >= 11 is 0. The molecule has 1 saturated carbocycles. The van der Waals surface area contributed by atoms with Crippen LogP contribution in [-0.2, 0) is 6.54 Å². The quantitative estimate of drug-likeness (QED) is 0.796. The van der Waals surface area contributed by atoms with Crippen LogP contribution in [0.15, 0.2) is 4.52 Å². The third-order valence-corrected chi connectivity index (χ3v) is 2.73. The Kier molecular flexibility index (Phi) is 3.14. The lowest BCUT2D eigenvalue weighted by molar-refractivity contribution is 0.361. The van der Waals surface area contributed by atoms with Crippen molar-refractivity contribution in [3.63, 3.8) is 0 Å². The second kappa shape index (κ2) is 4.55. The second-order valence-electron chi connectivity index (χ2n) is 3.81. The van der Waals surface area contributed by atoms with Gasteiger partial charge in [-0.25, -0.2) is 0 Å². The minimum absolute atomic E-state index is 0.550. The van der Waals surface area contributed by atoms with Crippen molar-refractivity contribution >= 4 is 0 Å². The highest BCUT2D eigenvalue weighted by molar-refractivity contribution is 4.97. The number of rotatable bonds is 4. The van der Waals surface area contributed by atoms with Gasteiger partial charge >= 0.3 is 0 Å². The molecule has 1 heterocycles. The number of nitrogens with one attached hydrogen (secondary N) is 1. The molecule has 0 saturated heterocycles. The zero-order chi connectivity index (χ0) is 9.80. The van der Waals surface area contributed by atoms with Gasteiger partial charge in [0.15, 0.2) is 5.82 Å². The largest absolute Gasteiger partial charge is 0.338 e. The van der Waals surface area contributed by atoms with Crippen LogP contribution in [0.1, 0.15) is 50.2 Å². The Hall–Kier alpha value is -0.900. The molecule has 1 aromatic rings. The predicted molar refractivity (Wildman–Crippen MR) is 52.9 cm³/mol. The molecule has 1 aliphatic rings. The van der Waals surface area contributed by atoms with E-state index in [1.54, 1.807) is 0 Å². The zero-order valence-electron chi connectivity index (χ0n) is 8.62. The molecule has 0 atom stereocenters. The maximum atomic E-state index is 5.16. The summed E-state index contributed by atoms with van der Waals surface area (Å²) < 4.78 is 5.16. The number of nitrogens with zero attached hydrogens (tertiary/aromatic N) is 2. The summed E-state index contributed by atoms with van der Waals surface area (Å²) in [5.41, 5.74) is 0. The molecule has 2 rings (SSSR count). The lowest BCUT2D eigenvalue weighted by atomic mass is 10.1. The SMILES string of the molecule is CCNCc1nc(C2CCCC2)no1. The summed E-state index contributed by atoms with van der Waals surface area (Å²) in [6.45, 7) is 3.69. The smallest absolute Gasteiger partial charge is 0.240 e. The Balaban J connectivity index is 1.94. The van der Waals surface area contributed by atoms with Gasteiger partial charge in [-0.15, -0.1) is 0 Å². The van der Waals surface area contributed by atoms with E-state index in [0.717, 1.165) is 12.4 Å².